The Morgan fingerprint density at radius 1 is 1.25 bits per heavy atom. The fraction of sp³-hybridized carbons (Fsp3) is 0.688. The van der Waals surface area contributed by atoms with Gasteiger partial charge < -0.3 is 10.0 Å². The van der Waals surface area contributed by atoms with Gasteiger partial charge in [-0.2, -0.15) is 0 Å². The van der Waals surface area contributed by atoms with Crippen LogP contribution in [0.25, 0.3) is 0 Å². The largest absolute Gasteiger partial charge is 0.393 e. The third kappa shape index (κ3) is 2.01. The lowest BCUT2D eigenvalue weighted by Crippen LogP contribution is -2.30. The molecule has 2 aliphatic carbocycles. The molecule has 108 valence electrons. The number of hydrogen-bond donors (Lipinski definition) is 1. The van der Waals surface area contributed by atoms with E-state index in [1.165, 1.54) is 23.3 Å². The van der Waals surface area contributed by atoms with Crippen LogP contribution in [0.2, 0.25) is 0 Å². The Kier molecular flexibility index (Phi) is 3.11. The zero-order valence-corrected chi connectivity index (χ0v) is 12.5. The summed E-state index contributed by atoms with van der Waals surface area (Å²) in [4.78, 5) is 17.0. The van der Waals surface area contributed by atoms with Gasteiger partial charge >= 0.3 is 0 Å². The molecule has 2 heterocycles. The van der Waals surface area contributed by atoms with Crippen LogP contribution in [0.15, 0.2) is 6.07 Å². The zero-order valence-electron chi connectivity index (χ0n) is 11.7. The van der Waals surface area contributed by atoms with Crippen LogP contribution in [0.3, 0.4) is 0 Å². The molecule has 1 saturated carbocycles. The summed E-state index contributed by atoms with van der Waals surface area (Å²) in [5.74, 6) is 1.06. The van der Waals surface area contributed by atoms with Gasteiger partial charge in [-0.25, -0.2) is 0 Å². The number of carbonyl (C=O) groups is 1. The molecule has 1 saturated heterocycles. The monoisotopic (exact) mass is 291 g/mol. The number of aliphatic hydroxyl groups is 1. The maximum Gasteiger partial charge on any atom is 0.263 e. The first kappa shape index (κ1) is 12.8. The molecule has 3 unspecified atom stereocenters. The third-order valence-corrected chi connectivity index (χ3v) is 6.54. The van der Waals surface area contributed by atoms with E-state index in [0.717, 1.165) is 43.6 Å². The van der Waals surface area contributed by atoms with Crippen molar-refractivity contribution in [3.05, 3.63) is 21.4 Å². The highest BCUT2D eigenvalue weighted by Crippen LogP contribution is 2.39. The molecule has 0 radical (unpaired) electrons. The van der Waals surface area contributed by atoms with Gasteiger partial charge in [-0.15, -0.1) is 11.3 Å². The molecule has 4 rings (SSSR count). The van der Waals surface area contributed by atoms with Gasteiger partial charge in [0, 0.05) is 23.9 Å². The first-order valence-electron chi connectivity index (χ1n) is 7.81. The second-order valence-corrected chi connectivity index (χ2v) is 7.68. The molecule has 20 heavy (non-hydrogen) atoms. The Morgan fingerprint density at radius 3 is 2.90 bits per heavy atom. The standard InChI is InChI=1S/C16H21NO2S/c18-13-6-5-11-8-17(9-12(11)13)16(19)15-7-10-3-1-2-4-14(10)20-15/h7,11-13,18H,1-6,8-9H2. The van der Waals surface area contributed by atoms with Crippen LogP contribution >= 0.6 is 11.3 Å². The Morgan fingerprint density at radius 2 is 2.10 bits per heavy atom. The number of rotatable bonds is 1. The molecule has 0 bridgehead atoms. The molecular weight excluding hydrogens is 270 g/mol. The Bertz CT molecular complexity index is 515. The van der Waals surface area contributed by atoms with E-state index in [4.69, 9.17) is 0 Å². The van der Waals surface area contributed by atoms with E-state index in [9.17, 15) is 9.90 Å². The molecule has 1 amide bonds. The molecule has 3 nitrogen and oxygen atoms in total. The number of aliphatic hydroxyl groups excluding tert-OH is 1. The van der Waals surface area contributed by atoms with E-state index < -0.39 is 0 Å². The highest BCUT2D eigenvalue weighted by Gasteiger charge is 2.43. The van der Waals surface area contributed by atoms with Crippen molar-refractivity contribution in [2.75, 3.05) is 13.1 Å². The fourth-order valence-electron chi connectivity index (χ4n) is 4.15. The lowest BCUT2D eigenvalue weighted by atomic mass is 9.99. The summed E-state index contributed by atoms with van der Waals surface area (Å²) < 4.78 is 0. The normalized spacial score (nSPS) is 32.2. The molecule has 2 fully saturated rings. The van der Waals surface area contributed by atoms with Gasteiger partial charge in [0.05, 0.1) is 11.0 Å². The quantitative estimate of drug-likeness (QED) is 0.863. The minimum absolute atomic E-state index is 0.186. The Balaban J connectivity index is 1.52. The predicted molar refractivity (Wildman–Crippen MR) is 79.1 cm³/mol. The number of likely N-dealkylation sites (tertiary alicyclic amines) is 1. The highest BCUT2D eigenvalue weighted by molar-refractivity contribution is 7.14. The third-order valence-electron chi connectivity index (χ3n) is 5.31. The van der Waals surface area contributed by atoms with Crippen molar-refractivity contribution in [3.8, 4) is 0 Å². The number of thiophene rings is 1. The summed E-state index contributed by atoms with van der Waals surface area (Å²) in [6.07, 6.45) is 6.63. The van der Waals surface area contributed by atoms with Crippen LogP contribution in [0.5, 0.6) is 0 Å². The number of aryl methyl sites for hydroxylation is 2. The summed E-state index contributed by atoms with van der Waals surface area (Å²) in [6.45, 7) is 1.61. The average Bonchev–Trinajstić information content (AvgIpc) is 3.13. The van der Waals surface area contributed by atoms with Crippen LogP contribution < -0.4 is 0 Å². The first-order chi connectivity index (χ1) is 9.72. The Hall–Kier alpha value is -0.870. The van der Waals surface area contributed by atoms with Gasteiger partial charge in [0.2, 0.25) is 0 Å². The van der Waals surface area contributed by atoms with Crippen LogP contribution in [0.4, 0.5) is 0 Å². The molecule has 0 spiro atoms. The lowest BCUT2D eigenvalue weighted by molar-refractivity contribution is 0.0757. The molecule has 4 heteroatoms. The molecule has 3 atom stereocenters. The molecule has 1 N–H and O–H groups in total. The second kappa shape index (κ2) is 4.85. The van der Waals surface area contributed by atoms with Crippen LogP contribution in [-0.2, 0) is 12.8 Å². The van der Waals surface area contributed by atoms with E-state index in [0.29, 0.717) is 11.8 Å². The van der Waals surface area contributed by atoms with Gasteiger partial charge in [0.25, 0.3) is 5.91 Å². The molecular formula is C16H21NO2S. The lowest BCUT2D eigenvalue weighted by Gasteiger charge is -2.17. The van der Waals surface area contributed by atoms with Crippen molar-refractivity contribution in [2.24, 2.45) is 11.8 Å². The van der Waals surface area contributed by atoms with E-state index in [1.807, 2.05) is 4.90 Å². The minimum Gasteiger partial charge on any atom is -0.393 e. The number of hydrogen-bond acceptors (Lipinski definition) is 3. The summed E-state index contributed by atoms with van der Waals surface area (Å²) in [5, 5.41) is 9.97. The number of fused-ring (bicyclic) bond motifs is 2. The fourth-order valence-corrected chi connectivity index (χ4v) is 5.38. The van der Waals surface area contributed by atoms with Crippen LogP contribution in [-0.4, -0.2) is 35.1 Å². The number of amides is 1. The van der Waals surface area contributed by atoms with Crippen molar-refractivity contribution in [2.45, 2.75) is 44.6 Å². The number of carbonyl (C=O) groups excluding carboxylic acids is 1. The summed E-state index contributed by atoms with van der Waals surface area (Å²) in [6, 6.07) is 2.13. The highest BCUT2D eigenvalue weighted by atomic mass is 32.1. The van der Waals surface area contributed by atoms with E-state index >= 15 is 0 Å². The zero-order chi connectivity index (χ0) is 13.7. The van der Waals surface area contributed by atoms with Crippen molar-refractivity contribution in [3.63, 3.8) is 0 Å². The summed E-state index contributed by atoms with van der Waals surface area (Å²) >= 11 is 1.71. The van der Waals surface area contributed by atoms with Gasteiger partial charge in [0.15, 0.2) is 0 Å². The Labute approximate surface area is 123 Å². The van der Waals surface area contributed by atoms with Crippen molar-refractivity contribution >= 4 is 17.2 Å². The molecule has 1 aliphatic heterocycles. The maximum absolute atomic E-state index is 12.7. The van der Waals surface area contributed by atoms with Crippen molar-refractivity contribution in [1.82, 2.24) is 4.90 Å². The van der Waals surface area contributed by atoms with Gasteiger partial charge in [-0.3, -0.25) is 4.79 Å². The SMILES string of the molecule is O=C(c1cc2c(s1)CCCC2)N1CC2CCC(O)C2C1. The van der Waals surface area contributed by atoms with Crippen molar-refractivity contribution in [1.29, 1.82) is 0 Å². The number of nitrogens with zero attached hydrogens (tertiary/aromatic N) is 1. The van der Waals surface area contributed by atoms with Gasteiger partial charge in [-0.05, 0) is 56.1 Å². The maximum atomic E-state index is 12.7. The first-order valence-corrected chi connectivity index (χ1v) is 8.63. The van der Waals surface area contributed by atoms with Crippen LogP contribution in [0, 0.1) is 11.8 Å². The van der Waals surface area contributed by atoms with Crippen molar-refractivity contribution < 1.29 is 9.90 Å². The predicted octanol–water partition coefficient (Wildman–Crippen LogP) is 2.47. The minimum atomic E-state index is -0.186. The molecule has 1 aromatic rings. The van der Waals surface area contributed by atoms with E-state index in [1.54, 1.807) is 11.3 Å². The second-order valence-electron chi connectivity index (χ2n) is 6.54. The molecule has 0 aromatic carbocycles. The van der Waals surface area contributed by atoms with E-state index in [-0.39, 0.29) is 12.0 Å². The van der Waals surface area contributed by atoms with E-state index in [2.05, 4.69) is 6.07 Å². The molecule has 1 aromatic heterocycles. The topological polar surface area (TPSA) is 40.5 Å². The average molecular weight is 291 g/mol. The summed E-state index contributed by atoms with van der Waals surface area (Å²) in [7, 11) is 0. The van der Waals surface area contributed by atoms with Gasteiger partial charge in [0.1, 0.15) is 0 Å². The summed E-state index contributed by atoms with van der Waals surface area (Å²) in [5.41, 5.74) is 1.41. The van der Waals surface area contributed by atoms with Crippen LogP contribution in [0.1, 0.15) is 45.8 Å². The molecule has 3 aliphatic rings. The smallest absolute Gasteiger partial charge is 0.263 e. The van der Waals surface area contributed by atoms with Gasteiger partial charge in [-0.1, -0.05) is 0 Å².